The summed E-state index contributed by atoms with van der Waals surface area (Å²) >= 11 is 0. The van der Waals surface area contributed by atoms with Gasteiger partial charge >= 0.3 is 12.1 Å². The largest absolute Gasteiger partial charge is 0.487 e. The van der Waals surface area contributed by atoms with Gasteiger partial charge in [-0.25, -0.2) is 18.1 Å². The van der Waals surface area contributed by atoms with Crippen molar-refractivity contribution in [3.63, 3.8) is 0 Å². The third-order valence-electron chi connectivity index (χ3n) is 6.64. The highest BCUT2D eigenvalue weighted by atomic mass is 19.1. The van der Waals surface area contributed by atoms with Crippen LogP contribution in [0.4, 0.5) is 13.6 Å². The number of carboxylic acids is 1. The molecule has 1 fully saturated rings. The van der Waals surface area contributed by atoms with Crippen LogP contribution in [0.25, 0.3) is 22.0 Å². The van der Waals surface area contributed by atoms with Crippen LogP contribution in [0.1, 0.15) is 44.9 Å². The Labute approximate surface area is 218 Å². The summed E-state index contributed by atoms with van der Waals surface area (Å²) < 4.78 is 41.5. The molecule has 4 aromatic rings. The molecule has 1 heterocycles. The van der Waals surface area contributed by atoms with Crippen molar-refractivity contribution in [1.29, 1.82) is 0 Å². The zero-order valence-electron chi connectivity index (χ0n) is 21.3. The second-order valence-corrected chi connectivity index (χ2v) is 10.5. The summed E-state index contributed by atoms with van der Waals surface area (Å²) in [6, 6.07) is 17.6. The summed E-state index contributed by atoms with van der Waals surface area (Å²) in [5.74, 6) is -1.49. The summed E-state index contributed by atoms with van der Waals surface area (Å²) in [5, 5.41) is 10.1. The molecule has 3 aromatic carbocycles. The summed E-state index contributed by atoms with van der Waals surface area (Å²) in [6.07, 6.45) is 0.243. The van der Waals surface area contributed by atoms with Crippen molar-refractivity contribution >= 4 is 23.0 Å². The quantitative estimate of drug-likeness (QED) is 0.295. The maximum Gasteiger partial charge on any atom is 0.419 e. The lowest BCUT2D eigenvalue weighted by molar-refractivity contribution is -0.140. The fraction of sp³-hybridized carbons (Fsp3) is 0.267. The molecule has 196 valence electrons. The smallest absolute Gasteiger partial charge is 0.419 e. The Bertz CT molecular complexity index is 1550. The Hall–Kier alpha value is -4.20. The molecule has 0 spiro atoms. The molecule has 5 rings (SSSR count). The van der Waals surface area contributed by atoms with Crippen molar-refractivity contribution in [1.82, 2.24) is 4.57 Å². The van der Waals surface area contributed by atoms with Gasteiger partial charge < -0.3 is 14.6 Å². The van der Waals surface area contributed by atoms with Crippen molar-refractivity contribution in [2.75, 3.05) is 0 Å². The van der Waals surface area contributed by atoms with E-state index in [0.717, 1.165) is 5.56 Å². The third kappa shape index (κ3) is 4.86. The van der Waals surface area contributed by atoms with Crippen LogP contribution in [-0.4, -0.2) is 27.3 Å². The Kier molecular flexibility index (Phi) is 6.21. The summed E-state index contributed by atoms with van der Waals surface area (Å²) in [7, 11) is 0. The maximum absolute atomic E-state index is 14.8. The van der Waals surface area contributed by atoms with E-state index in [4.69, 9.17) is 9.47 Å². The van der Waals surface area contributed by atoms with E-state index >= 15 is 0 Å². The van der Waals surface area contributed by atoms with E-state index in [1.807, 2.05) is 0 Å². The topological polar surface area (TPSA) is 77.8 Å². The van der Waals surface area contributed by atoms with Crippen molar-refractivity contribution in [3.8, 4) is 16.9 Å². The van der Waals surface area contributed by atoms with Crippen molar-refractivity contribution in [3.05, 3.63) is 89.6 Å². The average Bonchev–Trinajstić information content (AvgIpc) is 3.57. The Morgan fingerprint density at radius 1 is 0.947 bits per heavy atom. The Balaban J connectivity index is 1.35. The first kappa shape index (κ1) is 25.4. The summed E-state index contributed by atoms with van der Waals surface area (Å²) in [6.45, 7) is 5.29. The number of nitrogens with zero attached hydrogens (tertiary/aromatic N) is 1. The van der Waals surface area contributed by atoms with Crippen LogP contribution >= 0.6 is 0 Å². The van der Waals surface area contributed by atoms with Gasteiger partial charge in [0.05, 0.1) is 16.6 Å². The highest BCUT2D eigenvalue weighted by molar-refractivity contribution is 5.91. The van der Waals surface area contributed by atoms with Crippen molar-refractivity contribution in [2.45, 2.75) is 51.2 Å². The zero-order chi connectivity index (χ0) is 27.2. The minimum absolute atomic E-state index is 0.0233. The number of rotatable bonds is 6. The molecule has 8 heteroatoms. The predicted molar refractivity (Wildman–Crippen MR) is 138 cm³/mol. The first-order valence-electron chi connectivity index (χ1n) is 12.3. The molecule has 38 heavy (non-hydrogen) atoms. The second-order valence-electron chi connectivity index (χ2n) is 10.5. The molecule has 1 aliphatic rings. The van der Waals surface area contributed by atoms with Gasteiger partial charge in [0.15, 0.2) is 0 Å². The van der Waals surface area contributed by atoms with Crippen LogP contribution in [-0.2, 0) is 21.6 Å². The SMILES string of the molecule is CC(C)(C)OC(=O)n1c(COc2ccc(-c3ccc(C4(C(=O)O)CC4)c(F)c3)cc2)cc2ccc(F)cc21. The van der Waals surface area contributed by atoms with Gasteiger partial charge in [-0.2, -0.15) is 0 Å². The number of hydrogen-bond donors (Lipinski definition) is 1. The number of benzene rings is 3. The number of carboxylic acid groups (broad SMARTS) is 1. The van der Waals surface area contributed by atoms with Gasteiger partial charge in [0.1, 0.15) is 29.6 Å². The fourth-order valence-corrected chi connectivity index (χ4v) is 4.57. The number of halogens is 2. The standard InChI is InChI=1S/C30H27F2NO5/c1-29(2,3)38-28(36)33-22(14-20-4-8-21(31)16-26(20)33)17-37-23-9-5-18(6-10-23)19-7-11-24(25(32)15-19)30(12-13-30)27(34)35/h4-11,14-16H,12-13,17H2,1-3H3,(H,34,35). The highest BCUT2D eigenvalue weighted by Gasteiger charge is 2.53. The monoisotopic (exact) mass is 519 g/mol. The van der Waals surface area contributed by atoms with Crippen LogP contribution < -0.4 is 4.74 Å². The van der Waals surface area contributed by atoms with E-state index in [-0.39, 0.29) is 12.2 Å². The molecule has 1 aromatic heterocycles. The van der Waals surface area contributed by atoms with E-state index in [1.54, 1.807) is 69.3 Å². The Morgan fingerprint density at radius 3 is 2.24 bits per heavy atom. The van der Waals surface area contributed by atoms with Gasteiger partial charge in [-0.15, -0.1) is 0 Å². The molecule has 0 radical (unpaired) electrons. The second kappa shape index (κ2) is 9.28. The molecule has 0 atom stereocenters. The van der Waals surface area contributed by atoms with Crippen LogP contribution in [0.15, 0.2) is 66.7 Å². The number of carbonyl (C=O) groups excluding carboxylic acids is 1. The number of carbonyl (C=O) groups is 2. The van der Waals surface area contributed by atoms with E-state index in [1.165, 1.54) is 22.8 Å². The lowest BCUT2D eigenvalue weighted by Gasteiger charge is -2.21. The first-order valence-corrected chi connectivity index (χ1v) is 12.3. The average molecular weight is 520 g/mol. The van der Waals surface area contributed by atoms with Crippen molar-refractivity contribution < 1.29 is 33.0 Å². The van der Waals surface area contributed by atoms with Crippen LogP contribution in [0.2, 0.25) is 0 Å². The maximum atomic E-state index is 14.8. The minimum atomic E-state index is -1.10. The van der Waals surface area contributed by atoms with E-state index < -0.39 is 34.7 Å². The third-order valence-corrected chi connectivity index (χ3v) is 6.64. The number of aromatic nitrogens is 1. The number of aliphatic carboxylic acids is 1. The predicted octanol–water partition coefficient (Wildman–Crippen LogP) is 7.06. The molecular weight excluding hydrogens is 492 g/mol. The van der Waals surface area contributed by atoms with Crippen LogP contribution in [0, 0.1) is 11.6 Å². The molecule has 0 bridgehead atoms. The molecule has 0 aliphatic heterocycles. The normalized spacial score (nSPS) is 14.3. The van der Waals surface area contributed by atoms with Crippen LogP contribution in [0.5, 0.6) is 5.75 Å². The first-order chi connectivity index (χ1) is 18.0. The van der Waals surface area contributed by atoms with E-state index in [2.05, 4.69) is 0 Å². The van der Waals surface area contributed by atoms with Gasteiger partial charge in [0.25, 0.3) is 0 Å². The van der Waals surface area contributed by atoms with Gasteiger partial charge in [0, 0.05) is 10.9 Å². The zero-order valence-corrected chi connectivity index (χ0v) is 21.3. The van der Waals surface area contributed by atoms with Gasteiger partial charge in [-0.05, 0) is 87.2 Å². The van der Waals surface area contributed by atoms with Gasteiger partial charge in [-0.1, -0.05) is 24.3 Å². The lowest BCUT2D eigenvalue weighted by atomic mass is 9.93. The number of fused-ring (bicyclic) bond motifs is 1. The summed E-state index contributed by atoms with van der Waals surface area (Å²) in [5.41, 5.74) is 0.609. The summed E-state index contributed by atoms with van der Waals surface area (Å²) in [4.78, 5) is 24.5. The molecule has 1 saturated carbocycles. The van der Waals surface area contributed by atoms with E-state index in [0.29, 0.717) is 40.8 Å². The van der Waals surface area contributed by atoms with E-state index in [9.17, 15) is 23.5 Å². The molecule has 1 aliphatic carbocycles. The van der Waals surface area contributed by atoms with Crippen LogP contribution in [0.3, 0.4) is 0 Å². The molecule has 1 N–H and O–H groups in total. The molecule has 0 unspecified atom stereocenters. The molecular formula is C30H27F2NO5. The molecule has 0 amide bonds. The van der Waals surface area contributed by atoms with Crippen molar-refractivity contribution in [2.24, 2.45) is 0 Å². The highest BCUT2D eigenvalue weighted by Crippen LogP contribution is 2.49. The van der Waals surface area contributed by atoms with Gasteiger partial charge in [0.2, 0.25) is 0 Å². The van der Waals surface area contributed by atoms with Gasteiger partial charge in [-0.3, -0.25) is 4.79 Å². The molecule has 0 saturated heterocycles. The fourth-order valence-electron chi connectivity index (χ4n) is 4.57. The minimum Gasteiger partial charge on any atom is -0.487 e. The number of hydrogen-bond acceptors (Lipinski definition) is 4. The molecule has 6 nitrogen and oxygen atoms in total. The lowest BCUT2D eigenvalue weighted by Crippen LogP contribution is -2.28. The Morgan fingerprint density at radius 2 is 1.63 bits per heavy atom. The number of ether oxygens (including phenoxy) is 2.